The second kappa shape index (κ2) is 7.00. The first-order valence-corrected chi connectivity index (χ1v) is 6.92. The van der Waals surface area contributed by atoms with Crippen molar-refractivity contribution in [2.24, 2.45) is 5.73 Å². The van der Waals surface area contributed by atoms with Crippen LogP contribution >= 0.6 is 23.7 Å². The lowest BCUT2D eigenvalue weighted by atomic mass is 10.0. The standard InChI is InChI=1S/C14H19NS.ClH/c1-2-3-4-8-13(15)12-10-16-14-9-6-5-7-11(12)14;/h5-7,9-10,13H,2-4,8,15H2,1H3;1H/t13-;/m0./s1. The monoisotopic (exact) mass is 269 g/mol. The van der Waals surface area contributed by atoms with E-state index in [2.05, 4.69) is 36.6 Å². The van der Waals surface area contributed by atoms with Crippen LogP contribution in [0.4, 0.5) is 0 Å². The number of hydrogen-bond donors (Lipinski definition) is 1. The van der Waals surface area contributed by atoms with Crippen LogP contribution < -0.4 is 5.73 Å². The number of benzene rings is 1. The number of fused-ring (bicyclic) bond motifs is 1. The topological polar surface area (TPSA) is 26.0 Å². The van der Waals surface area contributed by atoms with Gasteiger partial charge in [-0.25, -0.2) is 0 Å². The third kappa shape index (κ3) is 3.44. The van der Waals surface area contributed by atoms with Crippen molar-refractivity contribution >= 4 is 33.8 Å². The number of thiophene rings is 1. The van der Waals surface area contributed by atoms with Gasteiger partial charge in [0, 0.05) is 10.7 Å². The van der Waals surface area contributed by atoms with Gasteiger partial charge < -0.3 is 5.73 Å². The Kier molecular flexibility index (Phi) is 5.96. The van der Waals surface area contributed by atoms with Crippen LogP contribution in [0.5, 0.6) is 0 Å². The van der Waals surface area contributed by atoms with E-state index in [-0.39, 0.29) is 18.4 Å². The molecule has 0 aliphatic rings. The highest BCUT2D eigenvalue weighted by atomic mass is 35.5. The molecule has 1 atom stereocenters. The van der Waals surface area contributed by atoms with Crippen LogP contribution in [-0.4, -0.2) is 0 Å². The van der Waals surface area contributed by atoms with Crippen molar-refractivity contribution in [1.29, 1.82) is 0 Å². The molecule has 3 heteroatoms. The molecule has 1 aromatic heterocycles. The lowest BCUT2D eigenvalue weighted by Crippen LogP contribution is -2.09. The van der Waals surface area contributed by atoms with Gasteiger partial charge in [-0.05, 0) is 28.8 Å². The minimum absolute atomic E-state index is 0. The fraction of sp³-hybridized carbons (Fsp3) is 0.429. The molecule has 0 saturated heterocycles. The maximum Gasteiger partial charge on any atom is 0.0346 e. The first-order valence-electron chi connectivity index (χ1n) is 6.04. The number of hydrogen-bond acceptors (Lipinski definition) is 2. The molecule has 0 amide bonds. The molecule has 2 rings (SSSR count). The van der Waals surface area contributed by atoms with Crippen molar-refractivity contribution in [3.63, 3.8) is 0 Å². The molecule has 0 fully saturated rings. The van der Waals surface area contributed by atoms with Gasteiger partial charge in [-0.2, -0.15) is 0 Å². The molecule has 0 spiro atoms. The van der Waals surface area contributed by atoms with Crippen molar-refractivity contribution in [2.75, 3.05) is 0 Å². The number of halogens is 1. The van der Waals surface area contributed by atoms with Gasteiger partial charge >= 0.3 is 0 Å². The Labute approximate surface area is 113 Å². The molecule has 2 aromatic rings. The summed E-state index contributed by atoms with van der Waals surface area (Å²) in [7, 11) is 0. The van der Waals surface area contributed by atoms with E-state index in [9.17, 15) is 0 Å². The van der Waals surface area contributed by atoms with E-state index in [1.165, 1.54) is 34.9 Å². The molecule has 0 bridgehead atoms. The summed E-state index contributed by atoms with van der Waals surface area (Å²) in [5.41, 5.74) is 7.58. The number of rotatable bonds is 5. The van der Waals surface area contributed by atoms with E-state index >= 15 is 0 Å². The molecule has 1 nitrogen and oxygen atoms in total. The first-order chi connectivity index (χ1) is 7.83. The lowest BCUT2D eigenvalue weighted by Gasteiger charge is -2.10. The first kappa shape index (κ1) is 14.5. The van der Waals surface area contributed by atoms with E-state index < -0.39 is 0 Å². The Balaban J connectivity index is 0.00000144. The van der Waals surface area contributed by atoms with Crippen LogP contribution in [-0.2, 0) is 0 Å². The average molecular weight is 270 g/mol. The molecule has 17 heavy (non-hydrogen) atoms. The van der Waals surface area contributed by atoms with Gasteiger partial charge in [0.25, 0.3) is 0 Å². The summed E-state index contributed by atoms with van der Waals surface area (Å²) in [5, 5.41) is 3.57. The molecule has 0 radical (unpaired) electrons. The Morgan fingerprint density at radius 2 is 2.00 bits per heavy atom. The summed E-state index contributed by atoms with van der Waals surface area (Å²) in [6.45, 7) is 2.23. The summed E-state index contributed by atoms with van der Waals surface area (Å²) in [6.07, 6.45) is 4.89. The van der Waals surface area contributed by atoms with Crippen molar-refractivity contribution in [3.8, 4) is 0 Å². The van der Waals surface area contributed by atoms with Gasteiger partial charge in [-0.3, -0.25) is 0 Å². The average Bonchev–Trinajstić information content (AvgIpc) is 2.73. The van der Waals surface area contributed by atoms with Crippen molar-refractivity contribution in [3.05, 3.63) is 35.2 Å². The zero-order valence-electron chi connectivity index (χ0n) is 10.2. The zero-order valence-corrected chi connectivity index (χ0v) is 11.8. The van der Waals surface area contributed by atoms with Crippen LogP contribution in [0.2, 0.25) is 0 Å². The highest BCUT2D eigenvalue weighted by Gasteiger charge is 2.10. The molecule has 94 valence electrons. The Bertz CT molecular complexity index is 452. The minimum atomic E-state index is 0. The maximum absolute atomic E-state index is 6.25. The lowest BCUT2D eigenvalue weighted by molar-refractivity contribution is 0.585. The SMILES string of the molecule is CCCCC[C@H](N)c1csc2ccccc12.Cl. The van der Waals surface area contributed by atoms with Gasteiger partial charge in [0.1, 0.15) is 0 Å². The third-order valence-electron chi connectivity index (χ3n) is 3.03. The van der Waals surface area contributed by atoms with Crippen molar-refractivity contribution in [2.45, 2.75) is 38.6 Å². The molecule has 0 aliphatic carbocycles. The highest BCUT2D eigenvalue weighted by Crippen LogP contribution is 2.31. The van der Waals surface area contributed by atoms with Crippen LogP contribution in [0.1, 0.15) is 44.2 Å². The summed E-state index contributed by atoms with van der Waals surface area (Å²) in [5.74, 6) is 0. The van der Waals surface area contributed by atoms with Gasteiger partial charge in [0.15, 0.2) is 0 Å². The van der Waals surface area contributed by atoms with E-state index in [1.54, 1.807) is 11.3 Å². The van der Waals surface area contributed by atoms with Gasteiger partial charge in [0.2, 0.25) is 0 Å². The van der Waals surface area contributed by atoms with Gasteiger partial charge in [0.05, 0.1) is 0 Å². The van der Waals surface area contributed by atoms with Gasteiger partial charge in [-0.15, -0.1) is 23.7 Å². The molecule has 1 aromatic carbocycles. The minimum Gasteiger partial charge on any atom is -0.324 e. The Hall–Kier alpha value is -0.570. The predicted molar refractivity (Wildman–Crippen MR) is 80.1 cm³/mol. The van der Waals surface area contributed by atoms with Gasteiger partial charge in [-0.1, -0.05) is 44.4 Å². The highest BCUT2D eigenvalue weighted by molar-refractivity contribution is 7.17. The summed E-state index contributed by atoms with van der Waals surface area (Å²) < 4.78 is 1.35. The molecule has 0 aliphatic heterocycles. The van der Waals surface area contributed by atoms with Crippen molar-refractivity contribution in [1.82, 2.24) is 0 Å². The smallest absolute Gasteiger partial charge is 0.0346 e. The fourth-order valence-electron chi connectivity index (χ4n) is 2.06. The molecular formula is C14H20ClNS. The second-order valence-corrected chi connectivity index (χ2v) is 5.20. The van der Waals surface area contributed by atoms with E-state index in [0.717, 1.165) is 6.42 Å². The second-order valence-electron chi connectivity index (χ2n) is 4.29. The van der Waals surface area contributed by atoms with Crippen LogP contribution in [0.25, 0.3) is 10.1 Å². The summed E-state index contributed by atoms with van der Waals surface area (Å²) >= 11 is 1.80. The molecular weight excluding hydrogens is 250 g/mol. The molecule has 0 unspecified atom stereocenters. The maximum atomic E-state index is 6.25. The number of unbranched alkanes of at least 4 members (excludes halogenated alkanes) is 2. The largest absolute Gasteiger partial charge is 0.324 e. The predicted octanol–water partition coefficient (Wildman–Crippen LogP) is 4.90. The normalized spacial score (nSPS) is 12.4. The zero-order chi connectivity index (χ0) is 11.4. The molecule has 0 saturated carbocycles. The quantitative estimate of drug-likeness (QED) is 0.768. The van der Waals surface area contributed by atoms with E-state index in [4.69, 9.17) is 5.73 Å². The fourth-order valence-corrected chi connectivity index (χ4v) is 3.08. The Morgan fingerprint density at radius 1 is 1.24 bits per heavy atom. The van der Waals surface area contributed by atoms with E-state index in [0.29, 0.717) is 0 Å². The van der Waals surface area contributed by atoms with E-state index in [1.807, 2.05) is 0 Å². The van der Waals surface area contributed by atoms with Crippen LogP contribution in [0.3, 0.4) is 0 Å². The third-order valence-corrected chi connectivity index (χ3v) is 4.01. The summed E-state index contributed by atoms with van der Waals surface area (Å²) in [4.78, 5) is 0. The van der Waals surface area contributed by atoms with Crippen molar-refractivity contribution < 1.29 is 0 Å². The molecule has 1 heterocycles. The number of nitrogens with two attached hydrogens (primary N) is 1. The van der Waals surface area contributed by atoms with Crippen LogP contribution in [0, 0.1) is 0 Å². The Morgan fingerprint density at radius 3 is 2.76 bits per heavy atom. The summed E-state index contributed by atoms with van der Waals surface area (Å²) in [6, 6.07) is 8.74. The van der Waals surface area contributed by atoms with Crippen LogP contribution in [0.15, 0.2) is 29.6 Å². The molecule has 2 N–H and O–H groups in total.